The highest BCUT2D eigenvalue weighted by Crippen LogP contribution is 2.32. The molecule has 3 aromatic rings. The summed E-state index contributed by atoms with van der Waals surface area (Å²) >= 11 is 0. The molecule has 0 radical (unpaired) electrons. The fourth-order valence-corrected chi connectivity index (χ4v) is 4.23. The van der Waals surface area contributed by atoms with E-state index in [4.69, 9.17) is 23.9 Å². The highest BCUT2D eigenvalue weighted by Gasteiger charge is 2.35. The average molecular weight is 522 g/mol. The predicted octanol–water partition coefficient (Wildman–Crippen LogP) is 5.41. The number of likely N-dealkylation sites (tertiary alicyclic amines) is 1. The largest absolute Gasteiger partial charge is 0.497 e. The van der Waals surface area contributed by atoms with Gasteiger partial charge in [0.1, 0.15) is 28.5 Å². The van der Waals surface area contributed by atoms with Gasteiger partial charge in [0.05, 0.1) is 32.7 Å². The summed E-state index contributed by atoms with van der Waals surface area (Å²) in [6, 6.07) is 9.01. The number of ether oxygens (including phenoxy) is 4. The third-order valence-electron chi connectivity index (χ3n) is 6.01. The molecule has 0 saturated carbocycles. The second-order valence-corrected chi connectivity index (χ2v) is 10.3. The summed E-state index contributed by atoms with van der Waals surface area (Å²) in [6.07, 6.45) is 5.51. The molecular weight excluding hydrogens is 486 g/mol. The summed E-state index contributed by atoms with van der Waals surface area (Å²) in [6.45, 7) is 8.89. The molecule has 0 unspecified atom stereocenters. The molecule has 38 heavy (non-hydrogen) atoms. The van der Waals surface area contributed by atoms with E-state index in [-0.39, 0.29) is 12.1 Å². The fraction of sp³-hybridized carbons (Fsp3) is 0.429. The zero-order valence-electron chi connectivity index (χ0n) is 22.7. The van der Waals surface area contributed by atoms with Gasteiger partial charge in [-0.2, -0.15) is 4.98 Å². The number of amides is 1. The average Bonchev–Trinajstić information content (AvgIpc) is 3.28. The van der Waals surface area contributed by atoms with Crippen LogP contribution in [-0.4, -0.2) is 64.9 Å². The number of carbonyl (C=O) groups is 1. The van der Waals surface area contributed by atoms with Gasteiger partial charge in [-0.3, -0.25) is 4.98 Å². The predicted molar refractivity (Wildman–Crippen MR) is 144 cm³/mol. The lowest BCUT2D eigenvalue weighted by atomic mass is 10.1. The van der Waals surface area contributed by atoms with Crippen LogP contribution in [0.15, 0.2) is 48.9 Å². The lowest BCUT2D eigenvalue weighted by molar-refractivity contribution is 0.0230. The maximum absolute atomic E-state index is 12.8. The molecular formula is C28H35N5O5. The van der Waals surface area contributed by atoms with Crippen LogP contribution in [0.4, 0.5) is 10.5 Å². The van der Waals surface area contributed by atoms with Gasteiger partial charge >= 0.3 is 6.09 Å². The zero-order valence-corrected chi connectivity index (χ0v) is 22.7. The summed E-state index contributed by atoms with van der Waals surface area (Å²) < 4.78 is 22.4. The van der Waals surface area contributed by atoms with Crippen molar-refractivity contribution >= 4 is 11.8 Å². The first kappa shape index (κ1) is 27.0. The van der Waals surface area contributed by atoms with Crippen LogP contribution >= 0.6 is 0 Å². The van der Waals surface area contributed by atoms with E-state index in [1.54, 1.807) is 49.8 Å². The van der Waals surface area contributed by atoms with Crippen molar-refractivity contribution in [1.82, 2.24) is 19.9 Å². The second kappa shape index (κ2) is 11.5. The second-order valence-electron chi connectivity index (χ2n) is 10.3. The third kappa shape index (κ3) is 6.81. The molecule has 2 atom stereocenters. The summed E-state index contributed by atoms with van der Waals surface area (Å²) in [7, 11) is 3.19. The van der Waals surface area contributed by atoms with Crippen LogP contribution in [0.3, 0.4) is 0 Å². The number of rotatable bonds is 8. The molecule has 1 saturated heterocycles. The Labute approximate surface area is 223 Å². The number of hydrogen-bond acceptors (Lipinski definition) is 9. The quantitative estimate of drug-likeness (QED) is 0.416. The lowest BCUT2D eigenvalue weighted by Crippen LogP contribution is -2.42. The van der Waals surface area contributed by atoms with Crippen LogP contribution in [-0.2, 0) is 4.74 Å². The first-order valence-electron chi connectivity index (χ1n) is 12.6. The Bertz CT molecular complexity index is 1250. The minimum atomic E-state index is -0.557. The molecule has 0 bridgehead atoms. The van der Waals surface area contributed by atoms with Crippen molar-refractivity contribution in [3.05, 3.63) is 48.9 Å². The molecule has 0 aliphatic carbocycles. The molecule has 3 heterocycles. The maximum Gasteiger partial charge on any atom is 0.410 e. The number of anilines is 1. The molecule has 1 fully saturated rings. The maximum atomic E-state index is 12.8. The van der Waals surface area contributed by atoms with E-state index in [2.05, 4.69) is 22.2 Å². The Morgan fingerprint density at radius 1 is 1.05 bits per heavy atom. The van der Waals surface area contributed by atoms with Gasteiger partial charge in [0.25, 0.3) is 0 Å². The van der Waals surface area contributed by atoms with Gasteiger partial charge in [-0.25, -0.2) is 9.78 Å². The molecule has 2 aromatic heterocycles. The van der Waals surface area contributed by atoms with Gasteiger partial charge in [0.15, 0.2) is 5.82 Å². The van der Waals surface area contributed by atoms with Crippen LogP contribution in [0.2, 0.25) is 0 Å². The molecule has 1 aliphatic heterocycles. The molecule has 1 aliphatic rings. The van der Waals surface area contributed by atoms with Gasteiger partial charge in [-0.1, -0.05) is 6.92 Å². The minimum absolute atomic E-state index is 0.0454. The number of benzene rings is 1. The van der Waals surface area contributed by atoms with Crippen molar-refractivity contribution in [1.29, 1.82) is 0 Å². The van der Waals surface area contributed by atoms with Gasteiger partial charge in [-0.15, -0.1) is 0 Å². The van der Waals surface area contributed by atoms with Gasteiger partial charge in [0.2, 0.25) is 5.88 Å². The number of aromatic nitrogens is 3. The summed E-state index contributed by atoms with van der Waals surface area (Å²) in [4.78, 5) is 28.1. The Kier molecular flexibility index (Phi) is 8.19. The Morgan fingerprint density at radius 2 is 1.76 bits per heavy atom. The lowest BCUT2D eigenvalue weighted by Gasteiger charge is -2.29. The fourth-order valence-electron chi connectivity index (χ4n) is 4.23. The molecule has 1 amide bonds. The van der Waals surface area contributed by atoms with Crippen molar-refractivity contribution in [3.8, 4) is 34.5 Å². The van der Waals surface area contributed by atoms with Crippen molar-refractivity contribution in [2.24, 2.45) is 5.92 Å². The topological polar surface area (TPSA) is 108 Å². The standard InChI is InChI=1S/C28H35N5O5/c1-18-11-20(33(17-18)27(34)38-28(2,3)4)14-30-24-16-31-25(19-12-23(36-6)15-29-13-19)32-26(24)37-22-9-7-21(35-5)8-10-22/h7-10,12-13,15-16,18,20,30H,11,14,17H2,1-6H3/t18-,20+/m1/s1. The highest BCUT2D eigenvalue weighted by molar-refractivity contribution is 5.69. The van der Waals surface area contributed by atoms with E-state index in [0.717, 1.165) is 12.2 Å². The molecule has 10 nitrogen and oxygen atoms in total. The number of nitrogens with zero attached hydrogens (tertiary/aromatic N) is 4. The van der Waals surface area contributed by atoms with Crippen molar-refractivity contribution in [2.45, 2.75) is 45.8 Å². The highest BCUT2D eigenvalue weighted by atomic mass is 16.6. The van der Waals surface area contributed by atoms with Crippen LogP contribution in [0.25, 0.3) is 11.4 Å². The van der Waals surface area contributed by atoms with Gasteiger partial charge < -0.3 is 29.2 Å². The van der Waals surface area contributed by atoms with Crippen LogP contribution < -0.4 is 19.5 Å². The Morgan fingerprint density at radius 3 is 2.45 bits per heavy atom. The van der Waals surface area contributed by atoms with Gasteiger partial charge in [-0.05, 0) is 63.4 Å². The van der Waals surface area contributed by atoms with Crippen LogP contribution in [0.1, 0.15) is 34.1 Å². The number of pyridine rings is 1. The number of nitrogens with one attached hydrogen (secondary N) is 1. The van der Waals surface area contributed by atoms with E-state index in [1.165, 1.54) is 0 Å². The van der Waals surface area contributed by atoms with Crippen molar-refractivity contribution in [3.63, 3.8) is 0 Å². The SMILES string of the molecule is COc1ccc(Oc2nc(-c3cncc(OC)c3)ncc2NC[C@@H]2C[C@@H](C)CN2C(=O)OC(C)(C)C)cc1. The minimum Gasteiger partial charge on any atom is -0.497 e. The summed E-state index contributed by atoms with van der Waals surface area (Å²) in [5.41, 5.74) is 0.735. The normalized spacial score (nSPS) is 17.2. The smallest absolute Gasteiger partial charge is 0.410 e. The summed E-state index contributed by atoms with van der Waals surface area (Å²) in [5.74, 6) is 3.06. The molecule has 4 rings (SSSR count). The summed E-state index contributed by atoms with van der Waals surface area (Å²) in [5, 5.41) is 3.40. The first-order valence-corrected chi connectivity index (χ1v) is 12.6. The van der Waals surface area contributed by atoms with E-state index in [9.17, 15) is 4.79 Å². The molecule has 202 valence electrons. The molecule has 0 spiro atoms. The third-order valence-corrected chi connectivity index (χ3v) is 6.01. The zero-order chi connectivity index (χ0) is 27.3. The monoisotopic (exact) mass is 521 g/mol. The van der Waals surface area contributed by atoms with Gasteiger partial charge in [0, 0.05) is 24.8 Å². The van der Waals surface area contributed by atoms with Crippen molar-refractivity contribution in [2.75, 3.05) is 32.6 Å². The van der Waals surface area contributed by atoms with Crippen LogP contribution in [0.5, 0.6) is 23.1 Å². The van der Waals surface area contributed by atoms with E-state index >= 15 is 0 Å². The van der Waals surface area contributed by atoms with Crippen LogP contribution in [0, 0.1) is 5.92 Å². The Hall–Kier alpha value is -4.08. The number of hydrogen-bond donors (Lipinski definition) is 1. The molecule has 1 aromatic carbocycles. The first-order chi connectivity index (χ1) is 18.1. The molecule has 1 N–H and O–H groups in total. The van der Waals surface area contributed by atoms with E-state index in [1.807, 2.05) is 39.0 Å². The van der Waals surface area contributed by atoms with Crippen molar-refractivity contribution < 1.29 is 23.7 Å². The van der Waals surface area contributed by atoms with E-state index in [0.29, 0.717) is 53.5 Å². The van der Waals surface area contributed by atoms with E-state index < -0.39 is 5.60 Å². The number of carbonyl (C=O) groups excluding carboxylic acids is 1. The molecule has 10 heteroatoms. The number of methoxy groups -OCH3 is 2. The Balaban J connectivity index is 1.58.